The highest BCUT2D eigenvalue weighted by atomic mass is 35.5. The van der Waals surface area contributed by atoms with Gasteiger partial charge in [0.25, 0.3) is 11.5 Å². The van der Waals surface area contributed by atoms with Crippen molar-refractivity contribution in [3.63, 3.8) is 0 Å². The molecule has 156 valence electrons. The molecule has 1 atom stereocenters. The van der Waals surface area contributed by atoms with Crippen LogP contribution < -0.4 is 10.9 Å². The predicted octanol–water partition coefficient (Wildman–Crippen LogP) is 3.40. The molecule has 0 saturated heterocycles. The zero-order chi connectivity index (χ0) is 22.1. The molecule has 0 fully saturated rings. The van der Waals surface area contributed by atoms with Gasteiger partial charge in [-0.1, -0.05) is 11.6 Å². The van der Waals surface area contributed by atoms with E-state index < -0.39 is 23.7 Å². The number of carbonyl (C=O) groups is 1. The topological polar surface area (TPSA) is 89.8 Å². The van der Waals surface area contributed by atoms with Crippen LogP contribution in [-0.4, -0.2) is 25.7 Å². The van der Waals surface area contributed by atoms with E-state index in [1.165, 1.54) is 31.6 Å². The molecule has 0 radical (unpaired) electrons. The van der Waals surface area contributed by atoms with Crippen LogP contribution >= 0.6 is 11.6 Å². The average molecular weight is 438 g/mol. The fourth-order valence-corrected chi connectivity index (χ4v) is 2.96. The van der Waals surface area contributed by atoms with Crippen LogP contribution in [0.25, 0.3) is 11.4 Å². The van der Waals surface area contributed by atoms with Gasteiger partial charge in [0.05, 0.1) is 17.3 Å². The SMILES string of the molecule is CC(NC(=O)c1cc(Cl)cc(C(F)(F)F)c1)c1nccnc1-c1ccc(=O)n(C)n1. The first-order valence-corrected chi connectivity index (χ1v) is 8.98. The van der Waals surface area contributed by atoms with Crippen molar-refractivity contribution in [3.05, 3.63) is 74.9 Å². The van der Waals surface area contributed by atoms with Gasteiger partial charge >= 0.3 is 6.18 Å². The Morgan fingerprint density at radius 1 is 1.17 bits per heavy atom. The zero-order valence-corrected chi connectivity index (χ0v) is 16.5. The van der Waals surface area contributed by atoms with E-state index in [0.717, 1.165) is 22.9 Å². The molecule has 0 aliphatic carbocycles. The summed E-state index contributed by atoms with van der Waals surface area (Å²) >= 11 is 5.75. The van der Waals surface area contributed by atoms with Gasteiger partial charge in [-0.05, 0) is 31.2 Å². The summed E-state index contributed by atoms with van der Waals surface area (Å²) in [5.74, 6) is -0.763. The molecule has 2 heterocycles. The van der Waals surface area contributed by atoms with E-state index in [9.17, 15) is 22.8 Å². The van der Waals surface area contributed by atoms with Gasteiger partial charge in [0.2, 0.25) is 0 Å². The fourth-order valence-electron chi connectivity index (χ4n) is 2.72. The molecule has 3 rings (SSSR count). The number of rotatable bonds is 4. The molecule has 0 spiro atoms. The summed E-state index contributed by atoms with van der Waals surface area (Å²) in [4.78, 5) is 32.6. The maximum atomic E-state index is 13.0. The lowest BCUT2D eigenvalue weighted by Gasteiger charge is -2.17. The van der Waals surface area contributed by atoms with Gasteiger partial charge in [-0.25, -0.2) is 4.68 Å². The van der Waals surface area contributed by atoms with Crippen LogP contribution in [-0.2, 0) is 13.2 Å². The van der Waals surface area contributed by atoms with Gasteiger partial charge in [0.15, 0.2) is 0 Å². The number of nitrogens with one attached hydrogen (secondary N) is 1. The molecule has 0 aliphatic heterocycles. The second-order valence-electron chi connectivity index (χ2n) is 6.39. The van der Waals surface area contributed by atoms with Crippen molar-refractivity contribution in [1.82, 2.24) is 25.1 Å². The number of amides is 1. The number of alkyl halides is 3. The summed E-state index contributed by atoms with van der Waals surface area (Å²) in [5, 5.41) is 6.50. The molecule has 1 N–H and O–H groups in total. The predicted molar refractivity (Wildman–Crippen MR) is 103 cm³/mol. The molecule has 0 bridgehead atoms. The minimum Gasteiger partial charge on any atom is -0.344 e. The molecule has 1 unspecified atom stereocenters. The second kappa shape index (κ2) is 8.23. The van der Waals surface area contributed by atoms with Gasteiger partial charge in [-0.3, -0.25) is 19.6 Å². The van der Waals surface area contributed by atoms with Crippen molar-refractivity contribution in [2.75, 3.05) is 0 Å². The Morgan fingerprint density at radius 3 is 2.53 bits per heavy atom. The Hall–Kier alpha value is -3.27. The van der Waals surface area contributed by atoms with E-state index >= 15 is 0 Å². The highest BCUT2D eigenvalue weighted by Crippen LogP contribution is 2.32. The lowest BCUT2D eigenvalue weighted by Crippen LogP contribution is -2.28. The van der Waals surface area contributed by atoms with Crippen molar-refractivity contribution in [1.29, 1.82) is 0 Å². The van der Waals surface area contributed by atoms with Crippen LogP contribution in [0.2, 0.25) is 5.02 Å². The molecule has 1 aromatic carbocycles. The fraction of sp³-hybridized carbons (Fsp3) is 0.211. The Labute approximate surface area is 173 Å². The van der Waals surface area contributed by atoms with Gasteiger partial charge in [-0.15, -0.1) is 0 Å². The van der Waals surface area contributed by atoms with Crippen molar-refractivity contribution < 1.29 is 18.0 Å². The van der Waals surface area contributed by atoms with E-state index in [1.54, 1.807) is 6.92 Å². The quantitative estimate of drug-likeness (QED) is 0.675. The number of aryl methyl sites for hydroxylation is 1. The first-order valence-electron chi connectivity index (χ1n) is 8.60. The van der Waals surface area contributed by atoms with Crippen molar-refractivity contribution in [2.24, 2.45) is 7.05 Å². The molecule has 3 aromatic rings. The number of carbonyl (C=O) groups excluding carboxylic acids is 1. The standard InChI is InChI=1S/C19H15ClF3N5O2/c1-10(26-18(30)11-7-12(19(21,22)23)9-13(20)8-11)16-17(25-6-5-24-16)14-3-4-15(29)28(2)27-14/h3-10H,1-2H3,(H,26,30). The van der Waals surface area contributed by atoms with Crippen LogP contribution in [0.15, 0.2) is 47.5 Å². The number of aromatic nitrogens is 4. The van der Waals surface area contributed by atoms with Gasteiger partial charge in [0.1, 0.15) is 11.4 Å². The maximum Gasteiger partial charge on any atom is 0.416 e. The number of benzene rings is 1. The highest BCUT2D eigenvalue weighted by Gasteiger charge is 2.32. The monoisotopic (exact) mass is 437 g/mol. The van der Waals surface area contributed by atoms with Crippen molar-refractivity contribution in [2.45, 2.75) is 19.1 Å². The lowest BCUT2D eigenvalue weighted by atomic mass is 10.1. The van der Waals surface area contributed by atoms with E-state index in [-0.39, 0.29) is 16.1 Å². The van der Waals surface area contributed by atoms with E-state index in [1.807, 2.05) is 0 Å². The Balaban J connectivity index is 1.91. The van der Waals surface area contributed by atoms with Gasteiger partial charge in [-0.2, -0.15) is 18.3 Å². The summed E-state index contributed by atoms with van der Waals surface area (Å²) in [6.07, 6.45) is -1.81. The Bertz CT molecular complexity index is 1160. The third-order valence-electron chi connectivity index (χ3n) is 4.17. The van der Waals surface area contributed by atoms with E-state index in [0.29, 0.717) is 17.1 Å². The Kier molecular flexibility index (Phi) is 5.88. The largest absolute Gasteiger partial charge is 0.416 e. The summed E-state index contributed by atoms with van der Waals surface area (Å²) < 4.78 is 40.1. The number of halogens is 4. The molecule has 1 amide bonds. The number of nitrogens with zero attached hydrogens (tertiary/aromatic N) is 4. The summed E-state index contributed by atoms with van der Waals surface area (Å²) in [5.41, 5.74) is -0.580. The van der Waals surface area contributed by atoms with Crippen molar-refractivity contribution >= 4 is 17.5 Å². The van der Waals surface area contributed by atoms with Gasteiger partial charge in [0, 0.05) is 36.1 Å². The first-order chi connectivity index (χ1) is 14.1. The average Bonchev–Trinajstić information content (AvgIpc) is 2.69. The first kappa shape index (κ1) is 21.4. The van der Waals surface area contributed by atoms with Crippen LogP contribution in [0.5, 0.6) is 0 Å². The third kappa shape index (κ3) is 4.65. The Morgan fingerprint density at radius 2 is 1.87 bits per heavy atom. The number of hydrogen-bond acceptors (Lipinski definition) is 5. The molecule has 30 heavy (non-hydrogen) atoms. The van der Waals surface area contributed by atoms with Gasteiger partial charge < -0.3 is 5.32 Å². The minimum atomic E-state index is -4.64. The molecule has 11 heteroatoms. The summed E-state index contributed by atoms with van der Waals surface area (Å²) in [6, 6.07) is 4.67. The normalized spacial score (nSPS) is 12.5. The molecule has 0 saturated carbocycles. The van der Waals surface area contributed by atoms with Crippen molar-refractivity contribution in [3.8, 4) is 11.4 Å². The van der Waals surface area contributed by atoms with Crippen LogP contribution in [0, 0.1) is 0 Å². The molecular weight excluding hydrogens is 423 g/mol. The van der Waals surface area contributed by atoms with Crippen LogP contribution in [0.3, 0.4) is 0 Å². The van der Waals surface area contributed by atoms with Crippen LogP contribution in [0.1, 0.15) is 34.6 Å². The summed E-state index contributed by atoms with van der Waals surface area (Å²) in [6.45, 7) is 1.60. The smallest absolute Gasteiger partial charge is 0.344 e. The lowest BCUT2D eigenvalue weighted by molar-refractivity contribution is -0.137. The second-order valence-corrected chi connectivity index (χ2v) is 6.83. The molecular formula is C19H15ClF3N5O2. The zero-order valence-electron chi connectivity index (χ0n) is 15.7. The summed E-state index contributed by atoms with van der Waals surface area (Å²) in [7, 11) is 1.48. The third-order valence-corrected chi connectivity index (χ3v) is 4.39. The van der Waals surface area contributed by atoms with E-state index in [2.05, 4.69) is 20.4 Å². The number of hydrogen-bond donors (Lipinski definition) is 1. The van der Waals surface area contributed by atoms with Crippen LogP contribution in [0.4, 0.5) is 13.2 Å². The van der Waals surface area contributed by atoms with E-state index in [4.69, 9.17) is 11.6 Å². The molecule has 2 aromatic heterocycles. The maximum absolute atomic E-state index is 13.0. The highest BCUT2D eigenvalue weighted by molar-refractivity contribution is 6.31. The molecule has 0 aliphatic rings. The molecule has 7 nitrogen and oxygen atoms in total. The minimum absolute atomic E-state index is 0.211.